The Balaban J connectivity index is 1.55. The van der Waals surface area contributed by atoms with E-state index >= 15 is 0 Å². The van der Waals surface area contributed by atoms with Gasteiger partial charge in [0.15, 0.2) is 0 Å². The largest absolute Gasteiger partial charge is 0.354 e. The molecule has 1 amide bonds. The molecule has 1 fully saturated rings. The third kappa shape index (κ3) is 3.96. The highest BCUT2D eigenvalue weighted by molar-refractivity contribution is 5.90. The molecule has 0 spiro atoms. The number of amides is 1. The summed E-state index contributed by atoms with van der Waals surface area (Å²) in [5.41, 5.74) is -0.560. The Bertz CT molecular complexity index is 1110. The van der Waals surface area contributed by atoms with Gasteiger partial charge in [0, 0.05) is 30.5 Å². The van der Waals surface area contributed by atoms with Crippen LogP contribution in [0.5, 0.6) is 0 Å². The molecule has 1 aliphatic rings. The number of benzene rings is 1. The normalized spacial score (nSPS) is 16.9. The van der Waals surface area contributed by atoms with Crippen LogP contribution in [0.15, 0.2) is 35.3 Å². The van der Waals surface area contributed by atoms with Gasteiger partial charge in [-0.1, -0.05) is 0 Å². The third-order valence-corrected chi connectivity index (χ3v) is 4.98. The lowest BCUT2D eigenvalue weighted by Gasteiger charge is -2.34. The predicted molar refractivity (Wildman–Crippen MR) is 103 cm³/mol. The van der Waals surface area contributed by atoms with Gasteiger partial charge in [-0.25, -0.2) is 22.7 Å². The van der Waals surface area contributed by atoms with Crippen molar-refractivity contribution in [3.63, 3.8) is 0 Å². The lowest BCUT2D eigenvalue weighted by atomic mass is 10.0. The number of nitrogens with zero attached hydrogens (tertiary/aromatic N) is 5. The highest BCUT2D eigenvalue weighted by Gasteiger charge is 2.21. The summed E-state index contributed by atoms with van der Waals surface area (Å²) in [5.74, 6) is -1.33. The number of aromatic nitrogens is 4. The van der Waals surface area contributed by atoms with E-state index in [0.29, 0.717) is 12.1 Å². The zero-order valence-corrected chi connectivity index (χ0v) is 15.8. The predicted octanol–water partition coefficient (Wildman–Crippen LogP) is 2.19. The number of fused-ring (bicyclic) bond motifs is 1. The molecular weight excluding hydrogens is 382 g/mol. The number of piperidine rings is 1. The van der Waals surface area contributed by atoms with E-state index in [0.717, 1.165) is 42.0 Å². The second-order valence-corrected chi connectivity index (χ2v) is 7.14. The van der Waals surface area contributed by atoms with Crippen LogP contribution in [-0.4, -0.2) is 37.7 Å². The van der Waals surface area contributed by atoms with Crippen molar-refractivity contribution in [2.24, 2.45) is 0 Å². The molecule has 1 aromatic carbocycles. The number of halogens is 2. The maximum atomic E-state index is 13.3. The van der Waals surface area contributed by atoms with E-state index in [4.69, 9.17) is 0 Å². The van der Waals surface area contributed by atoms with Gasteiger partial charge in [-0.05, 0) is 44.4 Å². The fraction of sp³-hybridized carbons (Fsp3) is 0.368. The third-order valence-electron chi connectivity index (χ3n) is 4.98. The first-order valence-electron chi connectivity index (χ1n) is 9.39. The van der Waals surface area contributed by atoms with E-state index in [1.807, 2.05) is 0 Å². The van der Waals surface area contributed by atoms with Crippen LogP contribution in [0.4, 0.5) is 20.3 Å². The molecule has 1 N–H and O–H groups in total. The minimum absolute atomic E-state index is 0.0381. The summed E-state index contributed by atoms with van der Waals surface area (Å²) in [5, 5.41) is 6.49. The number of rotatable bonds is 4. The summed E-state index contributed by atoms with van der Waals surface area (Å²) in [6.07, 6.45) is 4.93. The highest BCUT2D eigenvalue weighted by atomic mass is 19.1. The van der Waals surface area contributed by atoms with E-state index < -0.39 is 29.8 Å². The van der Waals surface area contributed by atoms with Gasteiger partial charge in [0.05, 0.1) is 0 Å². The van der Waals surface area contributed by atoms with Gasteiger partial charge in [-0.15, -0.1) is 5.10 Å². The molecule has 2 aromatic heterocycles. The molecule has 1 atom stereocenters. The van der Waals surface area contributed by atoms with Crippen molar-refractivity contribution in [1.29, 1.82) is 0 Å². The van der Waals surface area contributed by atoms with E-state index in [1.165, 1.54) is 10.8 Å². The molecule has 0 radical (unpaired) electrons. The molecule has 1 saturated heterocycles. The van der Waals surface area contributed by atoms with E-state index in [9.17, 15) is 18.4 Å². The molecule has 10 heteroatoms. The van der Waals surface area contributed by atoms with Crippen LogP contribution in [0, 0.1) is 11.6 Å². The number of carbonyl (C=O) groups is 1. The highest BCUT2D eigenvalue weighted by Crippen LogP contribution is 2.22. The summed E-state index contributed by atoms with van der Waals surface area (Å²) < 4.78 is 28.7. The molecule has 0 aliphatic carbocycles. The lowest BCUT2D eigenvalue weighted by Crippen LogP contribution is -2.38. The maximum absolute atomic E-state index is 13.3. The average molecular weight is 402 g/mol. The van der Waals surface area contributed by atoms with Gasteiger partial charge in [0.2, 0.25) is 5.91 Å². The first-order chi connectivity index (χ1) is 13.9. The Kier molecular flexibility index (Phi) is 4.99. The van der Waals surface area contributed by atoms with Gasteiger partial charge < -0.3 is 10.2 Å². The standard InChI is InChI=1S/C19H20F2N6O2/c1-12-4-2-3-6-25(12)16-5-7-26-18(23-16)24-27(19(26)29)11-17(28)22-15-9-13(20)8-14(21)10-15/h5,7-10,12H,2-4,6,11H2,1H3,(H,22,28)/t12-/m0/s1. The average Bonchev–Trinajstić information content (AvgIpc) is 2.96. The van der Waals surface area contributed by atoms with Crippen molar-refractivity contribution in [3.05, 3.63) is 52.6 Å². The van der Waals surface area contributed by atoms with E-state index in [-0.39, 0.29) is 11.5 Å². The summed E-state index contributed by atoms with van der Waals surface area (Å²) in [6.45, 7) is 2.62. The van der Waals surface area contributed by atoms with Crippen LogP contribution in [-0.2, 0) is 11.3 Å². The van der Waals surface area contributed by atoms with Crippen molar-refractivity contribution in [1.82, 2.24) is 19.2 Å². The molecule has 8 nitrogen and oxygen atoms in total. The quantitative estimate of drug-likeness (QED) is 0.723. The van der Waals surface area contributed by atoms with Gasteiger partial charge in [-0.2, -0.15) is 4.98 Å². The van der Waals surface area contributed by atoms with E-state index in [2.05, 4.69) is 27.2 Å². The van der Waals surface area contributed by atoms with Crippen LogP contribution in [0.25, 0.3) is 5.78 Å². The first kappa shape index (κ1) is 19.0. The van der Waals surface area contributed by atoms with E-state index in [1.54, 1.807) is 12.3 Å². The Hall–Kier alpha value is -3.30. The van der Waals surface area contributed by atoms with Crippen LogP contribution < -0.4 is 15.9 Å². The van der Waals surface area contributed by atoms with Crippen LogP contribution in [0.1, 0.15) is 26.2 Å². The molecule has 4 rings (SSSR count). The van der Waals surface area contributed by atoms with Crippen LogP contribution in [0.3, 0.4) is 0 Å². The molecule has 0 saturated carbocycles. The Morgan fingerprint density at radius 1 is 1.24 bits per heavy atom. The second kappa shape index (κ2) is 7.61. The van der Waals surface area contributed by atoms with Crippen LogP contribution >= 0.6 is 0 Å². The Morgan fingerprint density at radius 2 is 2.00 bits per heavy atom. The van der Waals surface area contributed by atoms with Crippen LogP contribution in [0.2, 0.25) is 0 Å². The molecule has 3 aromatic rings. The molecule has 3 heterocycles. The number of nitrogens with one attached hydrogen (secondary N) is 1. The first-order valence-corrected chi connectivity index (χ1v) is 9.39. The summed E-state index contributed by atoms with van der Waals surface area (Å²) >= 11 is 0. The fourth-order valence-electron chi connectivity index (χ4n) is 3.56. The zero-order chi connectivity index (χ0) is 20.5. The number of anilines is 2. The number of hydrogen-bond donors (Lipinski definition) is 1. The fourth-order valence-corrected chi connectivity index (χ4v) is 3.56. The van der Waals surface area contributed by atoms with Crippen molar-refractivity contribution in [2.75, 3.05) is 16.8 Å². The summed E-state index contributed by atoms with van der Waals surface area (Å²) in [6, 6.07) is 4.79. The minimum atomic E-state index is -0.811. The maximum Gasteiger partial charge on any atom is 0.352 e. The molecule has 0 bridgehead atoms. The number of carbonyl (C=O) groups excluding carboxylic acids is 1. The smallest absolute Gasteiger partial charge is 0.352 e. The van der Waals surface area contributed by atoms with Gasteiger partial charge in [0.25, 0.3) is 5.78 Å². The van der Waals surface area contributed by atoms with Gasteiger partial charge in [0.1, 0.15) is 24.0 Å². The summed E-state index contributed by atoms with van der Waals surface area (Å²) in [4.78, 5) is 31.3. The molecule has 29 heavy (non-hydrogen) atoms. The SMILES string of the molecule is C[C@H]1CCCCN1c1ccn2c(=O)n(CC(=O)Nc3cc(F)cc(F)c3)nc2n1. The van der Waals surface area contributed by atoms with Gasteiger partial charge >= 0.3 is 5.69 Å². The summed E-state index contributed by atoms with van der Waals surface area (Å²) in [7, 11) is 0. The van der Waals surface area contributed by atoms with Crippen molar-refractivity contribution >= 4 is 23.2 Å². The lowest BCUT2D eigenvalue weighted by molar-refractivity contribution is -0.117. The topological polar surface area (TPSA) is 84.5 Å². The van der Waals surface area contributed by atoms with Crippen molar-refractivity contribution in [2.45, 2.75) is 38.8 Å². The number of hydrogen-bond acceptors (Lipinski definition) is 5. The zero-order valence-electron chi connectivity index (χ0n) is 15.8. The Labute approximate surface area is 164 Å². The van der Waals surface area contributed by atoms with Gasteiger partial charge in [-0.3, -0.25) is 4.79 Å². The molecule has 0 unspecified atom stereocenters. The minimum Gasteiger partial charge on any atom is -0.354 e. The monoisotopic (exact) mass is 402 g/mol. The Morgan fingerprint density at radius 3 is 2.72 bits per heavy atom. The molecule has 1 aliphatic heterocycles. The molecular formula is C19H20F2N6O2. The second-order valence-electron chi connectivity index (χ2n) is 7.14. The van der Waals surface area contributed by atoms with Crippen molar-refractivity contribution in [3.8, 4) is 0 Å². The van der Waals surface area contributed by atoms with Crippen molar-refractivity contribution < 1.29 is 13.6 Å². The molecule has 152 valence electrons.